The average molecular weight is 268 g/mol. The molecule has 0 bridgehead atoms. The number of nitrogens with zero attached hydrogens (tertiary/aromatic N) is 1. The third-order valence-corrected chi connectivity index (χ3v) is 4.43. The highest BCUT2D eigenvalue weighted by molar-refractivity contribution is 7.89. The van der Waals surface area contributed by atoms with E-state index >= 15 is 0 Å². The minimum absolute atomic E-state index is 0.0326. The van der Waals surface area contributed by atoms with Crippen LogP contribution in [-0.2, 0) is 21.2 Å². The van der Waals surface area contributed by atoms with Gasteiger partial charge in [0.2, 0.25) is 15.9 Å². The first-order valence-electron chi connectivity index (χ1n) is 5.82. The predicted molar refractivity (Wildman–Crippen MR) is 69.7 cm³/mol. The number of sulfonamides is 1. The van der Waals surface area contributed by atoms with Crippen molar-refractivity contribution in [3.8, 4) is 0 Å². The van der Waals surface area contributed by atoms with Crippen molar-refractivity contribution in [2.75, 3.05) is 11.4 Å². The fourth-order valence-electron chi connectivity index (χ4n) is 2.09. The van der Waals surface area contributed by atoms with Crippen molar-refractivity contribution in [2.45, 2.75) is 25.0 Å². The van der Waals surface area contributed by atoms with E-state index in [9.17, 15) is 13.2 Å². The molecule has 2 rings (SSSR count). The van der Waals surface area contributed by atoms with Gasteiger partial charge >= 0.3 is 0 Å². The lowest BCUT2D eigenvalue weighted by molar-refractivity contribution is -0.117. The van der Waals surface area contributed by atoms with Crippen molar-refractivity contribution in [1.82, 2.24) is 0 Å². The van der Waals surface area contributed by atoms with Gasteiger partial charge in [0, 0.05) is 18.7 Å². The molecule has 1 saturated heterocycles. The summed E-state index contributed by atoms with van der Waals surface area (Å²) in [6.07, 6.45) is 0.837. The van der Waals surface area contributed by atoms with Crippen LogP contribution in [0.4, 0.5) is 5.69 Å². The Morgan fingerprint density at radius 1 is 1.44 bits per heavy atom. The zero-order chi connectivity index (χ0) is 13.3. The van der Waals surface area contributed by atoms with Crippen LogP contribution in [-0.4, -0.2) is 26.1 Å². The molecule has 1 unspecified atom stereocenters. The highest BCUT2D eigenvalue weighted by Gasteiger charge is 2.37. The normalized spacial score (nSPS) is 20.4. The molecule has 1 atom stereocenters. The molecule has 1 fully saturated rings. The molecular formula is C12H16N2O3S. The molecule has 0 spiro atoms. The quantitative estimate of drug-likeness (QED) is 0.873. The number of hydrogen-bond donors (Lipinski definition) is 1. The summed E-state index contributed by atoms with van der Waals surface area (Å²) in [4.78, 5) is 13.3. The Kier molecular flexibility index (Phi) is 3.41. The summed E-state index contributed by atoms with van der Waals surface area (Å²) in [5.41, 5.74) is 1.85. The van der Waals surface area contributed by atoms with E-state index < -0.39 is 15.3 Å². The number of benzene rings is 1. The Balaban J connectivity index is 2.27. The SMILES string of the molecule is CCc1cccc(N2CC(S(N)(=O)=O)CC2=O)c1. The van der Waals surface area contributed by atoms with Gasteiger partial charge in [-0.1, -0.05) is 19.1 Å². The number of hydrogen-bond acceptors (Lipinski definition) is 3. The molecule has 0 radical (unpaired) electrons. The van der Waals surface area contributed by atoms with Crippen LogP contribution in [0.5, 0.6) is 0 Å². The van der Waals surface area contributed by atoms with Gasteiger partial charge in [-0.3, -0.25) is 4.79 Å². The maximum atomic E-state index is 11.8. The molecule has 0 aromatic heterocycles. The van der Waals surface area contributed by atoms with E-state index in [-0.39, 0.29) is 18.9 Å². The second kappa shape index (κ2) is 4.70. The number of carbonyl (C=O) groups is 1. The second-order valence-electron chi connectivity index (χ2n) is 4.44. The summed E-state index contributed by atoms with van der Waals surface area (Å²) < 4.78 is 22.6. The van der Waals surface area contributed by atoms with Crippen LogP contribution in [0.1, 0.15) is 18.9 Å². The number of anilines is 1. The highest BCUT2D eigenvalue weighted by atomic mass is 32.2. The summed E-state index contributed by atoms with van der Waals surface area (Å²) in [6, 6.07) is 7.55. The number of carbonyl (C=O) groups excluding carboxylic acids is 1. The predicted octanol–water partition coefficient (Wildman–Crippen LogP) is 0.643. The van der Waals surface area contributed by atoms with Gasteiger partial charge in [0.1, 0.15) is 5.25 Å². The van der Waals surface area contributed by atoms with Gasteiger partial charge in [0.15, 0.2) is 0 Å². The van der Waals surface area contributed by atoms with Crippen molar-refractivity contribution in [1.29, 1.82) is 0 Å². The monoisotopic (exact) mass is 268 g/mol. The van der Waals surface area contributed by atoms with Gasteiger partial charge in [0.25, 0.3) is 0 Å². The molecule has 2 N–H and O–H groups in total. The minimum atomic E-state index is -3.65. The molecule has 0 saturated carbocycles. The van der Waals surface area contributed by atoms with Crippen molar-refractivity contribution in [3.63, 3.8) is 0 Å². The summed E-state index contributed by atoms with van der Waals surface area (Å²) in [6.45, 7) is 2.17. The van der Waals surface area contributed by atoms with E-state index in [1.165, 1.54) is 4.90 Å². The van der Waals surface area contributed by atoms with Crippen LogP contribution in [0.2, 0.25) is 0 Å². The van der Waals surface area contributed by atoms with E-state index in [2.05, 4.69) is 0 Å². The number of amides is 1. The van der Waals surface area contributed by atoms with Crippen molar-refractivity contribution < 1.29 is 13.2 Å². The Hall–Kier alpha value is -1.40. The molecule has 1 aliphatic rings. The molecule has 1 aromatic rings. The molecule has 5 nitrogen and oxygen atoms in total. The zero-order valence-corrected chi connectivity index (χ0v) is 11.0. The molecule has 18 heavy (non-hydrogen) atoms. The highest BCUT2D eigenvalue weighted by Crippen LogP contribution is 2.25. The van der Waals surface area contributed by atoms with Gasteiger partial charge in [-0.05, 0) is 24.1 Å². The molecule has 1 aliphatic heterocycles. The van der Waals surface area contributed by atoms with Gasteiger partial charge in [-0.15, -0.1) is 0 Å². The van der Waals surface area contributed by atoms with Crippen LogP contribution in [0.15, 0.2) is 24.3 Å². The van der Waals surface area contributed by atoms with Gasteiger partial charge < -0.3 is 4.90 Å². The molecule has 6 heteroatoms. The molecule has 1 aromatic carbocycles. The van der Waals surface area contributed by atoms with Crippen LogP contribution >= 0.6 is 0 Å². The van der Waals surface area contributed by atoms with E-state index in [4.69, 9.17) is 5.14 Å². The van der Waals surface area contributed by atoms with Crippen molar-refractivity contribution in [3.05, 3.63) is 29.8 Å². The minimum Gasteiger partial charge on any atom is -0.311 e. The lowest BCUT2D eigenvalue weighted by Crippen LogP contribution is -2.32. The van der Waals surface area contributed by atoms with Crippen molar-refractivity contribution in [2.24, 2.45) is 5.14 Å². The summed E-state index contributed by atoms with van der Waals surface area (Å²) in [7, 11) is -3.65. The molecule has 98 valence electrons. The zero-order valence-electron chi connectivity index (χ0n) is 10.2. The first kappa shape index (κ1) is 13.0. The first-order valence-corrected chi connectivity index (χ1v) is 7.43. The number of aryl methyl sites for hydroxylation is 1. The first-order chi connectivity index (χ1) is 8.41. The summed E-state index contributed by atoms with van der Waals surface area (Å²) in [5.74, 6) is -0.192. The van der Waals surface area contributed by atoms with Gasteiger partial charge in [0.05, 0.1) is 0 Å². The molecular weight excluding hydrogens is 252 g/mol. The fraction of sp³-hybridized carbons (Fsp3) is 0.417. The topological polar surface area (TPSA) is 80.5 Å². The van der Waals surface area contributed by atoms with E-state index in [1.807, 2.05) is 31.2 Å². The maximum Gasteiger partial charge on any atom is 0.228 e. The van der Waals surface area contributed by atoms with E-state index in [0.29, 0.717) is 0 Å². The van der Waals surface area contributed by atoms with Crippen molar-refractivity contribution >= 4 is 21.6 Å². The third-order valence-electron chi connectivity index (χ3n) is 3.18. The standard InChI is InChI=1S/C12H16N2O3S/c1-2-9-4-3-5-10(6-9)14-8-11(7-12(14)15)18(13,16)17/h3-6,11H,2,7-8H2,1H3,(H2,13,16,17). The average Bonchev–Trinajstić information content (AvgIpc) is 2.71. The third kappa shape index (κ3) is 2.54. The van der Waals surface area contributed by atoms with Crippen LogP contribution in [0.3, 0.4) is 0 Å². The maximum absolute atomic E-state index is 11.8. The summed E-state index contributed by atoms with van der Waals surface area (Å²) in [5, 5.41) is 4.30. The molecule has 0 aliphatic carbocycles. The van der Waals surface area contributed by atoms with Crippen LogP contribution in [0, 0.1) is 0 Å². The molecule has 1 heterocycles. The number of rotatable bonds is 3. The Bertz CT molecular complexity index is 568. The molecule has 1 amide bonds. The van der Waals surface area contributed by atoms with Crippen LogP contribution < -0.4 is 10.0 Å². The Morgan fingerprint density at radius 3 is 2.72 bits per heavy atom. The Labute approximate surface area is 107 Å². The lowest BCUT2D eigenvalue weighted by atomic mass is 10.1. The number of primary sulfonamides is 1. The van der Waals surface area contributed by atoms with Crippen LogP contribution in [0.25, 0.3) is 0 Å². The van der Waals surface area contributed by atoms with E-state index in [0.717, 1.165) is 17.7 Å². The fourth-order valence-corrected chi connectivity index (χ4v) is 2.82. The number of nitrogens with two attached hydrogens (primary N) is 1. The largest absolute Gasteiger partial charge is 0.311 e. The lowest BCUT2D eigenvalue weighted by Gasteiger charge is -2.17. The second-order valence-corrected chi connectivity index (χ2v) is 6.29. The summed E-state index contributed by atoms with van der Waals surface area (Å²) >= 11 is 0. The van der Waals surface area contributed by atoms with Gasteiger partial charge in [-0.25, -0.2) is 13.6 Å². The Morgan fingerprint density at radius 2 is 2.17 bits per heavy atom. The van der Waals surface area contributed by atoms with Gasteiger partial charge in [-0.2, -0.15) is 0 Å². The van der Waals surface area contributed by atoms with E-state index in [1.54, 1.807) is 0 Å². The smallest absolute Gasteiger partial charge is 0.228 e.